The van der Waals surface area contributed by atoms with Crippen LogP contribution in [0.15, 0.2) is 42.6 Å². The summed E-state index contributed by atoms with van der Waals surface area (Å²) in [6.45, 7) is 0.941. The van der Waals surface area contributed by atoms with Gasteiger partial charge in [-0.1, -0.05) is 23.7 Å². The quantitative estimate of drug-likeness (QED) is 0.668. The Kier molecular flexibility index (Phi) is 3.15. The van der Waals surface area contributed by atoms with E-state index in [9.17, 15) is 0 Å². The lowest BCUT2D eigenvalue weighted by Crippen LogP contribution is -2.21. The molecule has 2 aliphatic rings. The van der Waals surface area contributed by atoms with Crippen LogP contribution < -0.4 is 5.32 Å². The lowest BCUT2D eigenvalue weighted by molar-refractivity contribution is 0.599. The Morgan fingerprint density at radius 3 is 2.83 bits per heavy atom. The fourth-order valence-electron chi connectivity index (χ4n) is 3.90. The molecule has 1 N–H and O–H groups in total. The summed E-state index contributed by atoms with van der Waals surface area (Å²) in [6, 6.07) is 12.8. The summed E-state index contributed by atoms with van der Waals surface area (Å²) in [5, 5.41) is 5.98. The molecule has 1 unspecified atom stereocenters. The Balaban J connectivity index is 1.65. The predicted molar refractivity (Wildman–Crippen MR) is 95.8 cm³/mol. The summed E-state index contributed by atoms with van der Waals surface area (Å²) < 4.78 is 2.39. The molecular formula is C19H17ClN2S. The first-order valence-electron chi connectivity index (χ1n) is 8.11. The first kappa shape index (κ1) is 13.8. The second-order valence-corrected chi connectivity index (χ2v) is 7.83. The average Bonchev–Trinajstić information content (AvgIpc) is 3.24. The highest BCUT2D eigenvalue weighted by Gasteiger charge is 2.29. The Morgan fingerprint density at radius 1 is 1.09 bits per heavy atom. The van der Waals surface area contributed by atoms with Crippen LogP contribution in [0.4, 0.5) is 0 Å². The lowest BCUT2D eigenvalue weighted by atomic mass is 10.0. The third kappa shape index (κ3) is 2.11. The molecule has 4 heteroatoms. The van der Waals surface area contributed by atoms with Crippen LogP contribution >= 0.6 is 22.9 Å². The third-order valence-corrected chi connectivity index (χ3v) is 6.58. The van der Waals surface area contributed by atoms with Gasteiger partial charge in [-0.3, -0.25) is 0 Å². The number of aryl methyl sites for hydroxylation is 1. The van der Waals surface area contributed by atoms with Crippen molar-refractivity contribution in [3.05, 3.63) is 74.9 Å². The summed E-state index contributed by atoms with van der Waals surface area (Å²) >= 11 is 8.04. The molecule has 0 fully saturated rings. The van der Waals surface area contributed by atoms with Crippen LogP contribution in [-0.2, 0) is 19.4 Å². The number of hydrogen-bond donors (Lipinski definition) is 1. The largest absolute Gasteiger partial charge is 0.310 e. The minimum Gasteiger partial charge on any atom is -0.310 e. The van der Waals surface area contributed by atoms with Crippen LogP contribution in [0.1, 0.15) is 39.7 Å². The fourth-order valence-corrected chi connectivity index (χ4v) is 5.44. The number of halogens is 1. The normalized spacial score (nSPS) is 19.1. The number of fused-ring (bicyclic) bond motifs is 5. The van der Waals surface area contributed by atoms with Gasteiger partial charge in [-0.2, -0.15) is 0 Å². The highest BCUT2D eigenvalue weighted by atomic mass is 35.5. The highest BCUT2D eigenvalue weighted by molar-refractivity contribution is 7.15. The van der Waals surface area contributed by atoms with Crippen LogP contribution in [0, 0.1) is 0 Å². The molecule has 3 aromatic rings. The van der Waals surface area contributed by atoms with Crippen molar-refractivity contribution in [2.24, 2.45) is 0 Å². The lowest BCUT2D eigenvalue weighted by Gasteiger charge is -2.18. The molecule has 2 aromatic heterocycles. The highest BCUT2D eigenvalue weighted by Crippen LogP contribution is 2.41. The molecule has 5 rings (SSSR count). The van der Waals surface area contributed by atoms with E-state index < -0.39 is 0 Å². The second kappa shape index (κ2) is 5.23. The maximum atomic E-state index is 6.06. The van der Waals surface area contributed by atoms with Crippen molar-refractivity contribution < 1.29 is 0 Å². The number of hydrogen-bond acceptors (Lipinski definition) is 2. The van der Waals surface area contributed by atoms with Gasteiger partial charge in [0.15, 0.2) is 0 Å². The van der Waals surface area contributed by atoms with Crippen LogP contribution in [0.3, 0.4) is 0 Å². The van der Waals surface area contributed by atoms with Gasteiger partial charge in [0.25, 0.3) is 0 Å². The van der Waals surface area contributed by atoms with Crippen LogP contribution in [0.2, 0.25) is 5.02 Å². The number of thiophene rings is 1. The van der Waals surface area contributed by atoms with Gasteiger partial charge in [0.2, 0.25) is 0 Å². The van der Waals surface area contributed by atoms with Gasteiger partial charge in [0.1, 0.15) is 5.00 Å². The van der Waals surface area contributed by atoms with Crippen LogP contribution in [0.5, 0.6) is 0 Å². The molecule has 2 nitrogen and oxygen atoms in total. The molecule has 0 saturated heterocycles. The predicted octanol–water partition coefficient (Wildman–Crippen LogP) is 4.87. The first-order valence-corrected chi connectivity index (χ1v) is 9.30. The van der Waals surface area contributed by atoms with Crippen molar-refractivity contribution in [1.29, 1.82) is 0 Å². The molecule has 0 amide bonds. The molecule has 3 heterocycles. The Morgan fingerprint density at radius 2 is 1.96 bits per heavy atom. The number of nitrogens with one attached hydrogen (secondary N) is 1. The first-order chi connectivity index (χ1) is 11.3. The zero-order valence-corrected chi connectivity index (χ0v) is 14.3. The van der Waals surface area contributed by atoms with Gasteiger partial charge in [0, 0.05) is 33.9 Å². The minimum absolute atomic E-state index is 0.207. The minimum atomic E-state index is 0.207. The standard InChI is InChI=1S/C19H17ClN2S/c20-13-8-6-12(7-9-13)18-16-4-2-10-22(16)19-15(11-21-18)14-3-1-5-17(14)23-19/h2,4,6-10,18,21H,1,3,5,11H2. The Labute approximate surface area is 144 Å². The molecule has 0 spiro atoms. The molecule has 1 aromatic carbocycles. The second-order valence-electron chi connectivity index (χ2n) is 6.31. The van der Waals surface area contributed by atoms with Crippen molar-refractivity contribution in [2.45, 2.75) is 31.8 Å². The van der Waals surface area contributed by atoms with Gasteiger partial charge >= 0.3 is 0 Å². The van der Waals surface area contributed by atoms with Crippen molar-refractivity contribution >= 4 is 22.9 Å². The van der Waals surface area contributed by atoms with Crippen molar-refractivity contribution in [1.82, 2.24) is 9.88 Å². The molecule has 0 radical (unpaired) electrons. The van der Waals surface area contributed by atoms with E-state index in [0.717, 1.165) is 11.6 Å². The molecule has 23 heavy (non-hydrogen) atoms. The fraction of sp³-hybridized carbons (Fsp3) is 0.263. The number of benzene rings is 1. The van der Waals surface area contributed by atoms with E-state index in [-0.39, 0.29) is 6.04 Å². The molecule has 0 bridgehead atoms. The van der Waals surface area contributed by atoms with Crippen molar-refractivity contribution in [2.75, 3.05) is 0 Å². The maximum absolute atomic E-state index is 6.06. The SMILES string of the molecule is Clc1ccc(C2NCc3c(sc4c3CCC4)-n3cccc32)cc1. The zero-order chi connectivity index (χ0) is 15.4. The smallest absolute Gasteiger partial charge is 0.104 e. The number of aromatic nitrogens is 1. The Hall–Kier alpha value is -1.55. The molecule has 1 aliphatic carbocycles. The average molecular weight is 341 g/mol. The van der Waals surface area contributed by atoms with Gasteiger partial charge in [0.05, 0.1) is 6.04 Å². The van der Waals surface area contributed by atoms with E-state index in [4.69, 9.17) is 11.6 Å². The third-order valence-electron chi connectivity index (χ3n) is 4.99. The number of rotatable bonds is 1. The molecule has 1 atom stereocenters. The van der Waals surface area contributed by atoms with E-state index in [1.165, 1.54) is 41.1 Å². The van der Waals surface area contributed by atoms with Gasteiger partial charge in [-0.15, -0.1) is 11.3 Å². The van der Waals surface area contributed by atoms with Crippen LogP contribution in [-0.4, -0.2) is 4.57 Å². The van der Waals surface area contributed by atoms with E-state index in [1.54, 1.807) is 10.4 Å². The topological polar surface area (TPSA) is 17.0 Å². The molecule has 116 valence electrons. The van der Waals surface area contributed by atoms with Gasteiger partial charge in [-0.05, 0) is 54.7 Å². The van der Waals surface area contributed by atoms with E-state index in [0.29, 0.717) is 0 Å². The summed E-state index contributed by atoms with van der Waals surface area (Å²) in [6.07, 6.45) is 6.01. The zero-order valence-electron chi connectivity index (χ0n) is 12.7. The molecule has 1 aliphatic heterocycles. The van der Waals surface area contributed by atoms with Crippen molar-refractivity contribution in [3.63, 3.8) is 0 Å². The summed E-state index contributed by atoms with van der Waals surface area (Å²) in [5.74, 6) is 0. The monoisotopic (exact) mass is 340 g/mol. The molecule has 0 saturated carbocycles. The molecular weight excluding hydrogens is 324 g/mol. The van der Waals surface area contributed by atoms with Crippen LogP contribution in [0.25, 0.3) is 5.00 Å². The van der Waals surface area contributed by atoms with Gasteiger partial charge < -0.3 is 9.88 Å². The number of nitrogens with zero attached hydrogens (tertiary/aromatic N) is 1. The van der Waals surface area contributed by atoms with E-state index in [1.807, 2.05) is 23.5 Å². The van der Waals surface area contributed by atoms with E-state index >= 15 is 0 Å². The summed E-state index contributed by atoms with van der Waals surface area (Å²) in [5.41, 5.74) is 5.69. The Bertz CT molecular complexity index is 875. The van der Waals surface area contributed by atoms with E-state index in [2.05, 4.69) is 40.3 Å². The maximum Gasteiger partial charge on any atom is 0.104 e. The summed E-state index contributed by atoms with van der Waals surface area (Å²) in [7, 11) is 0. The van der Waals surface area contributed by atoms with Gasteiger partial charge in [-0.25, -0.2) is 0 Å². The summed E-state index contributed by atoms with van der Waals surface area (Å²) in [4.78, 5) is 1.60. The van der Waals surface area contributed by atoms with Crippen molar-refractivity contribution in [3.8, 4) is 5.00 Å².